The lowest BCUT2D eigenvalue weighted by Gasteiger charge is -1.95. The number of esters is 1. The molecule has 0 aliphatic heterocycles. The molecule has 0 saturated carbocycles. The minimum Gasteiger partial charge on any atom is -0.466 e. The third kappa shape index (κ3) is 5.08. The molecule has 0 amide bonds. The third-order valence-corrected chi connectivity index (χ3v) is 0.743. The summed E-state index contributed by atoms with van der Waals surface area (Å²) in [5.41, 5.74) is 0. The normalized spacial score (nSPS) is 9.80. The van der Waals surface area contributed by atoms with Crippen molar-refractivity contribution in [3.05, 3.63) is 0 Å². The number of hydrogen-bond acceptors (Lipinski definition) is 4. The van der Waals surface area contributed by atoms with Crippen molar-refractivity contribution >= 4 is 12.2 Å². The molecule has 0 saturated heterocycles. The van der Waals surface area contributed by atoms with Crippen LogP contribution in [0.25, 0.3) is 0 Å². The van der Waals surface area contributed by atoms with Crippen molar-refractivity contribution in [2.75, 3.05) is 13.7 Å². The summed E-state index contributed by atoms with van der Waals surface area (Å²) in [5.74, 6) is -0.289. The van der Waals surface area contributed by atoms with Gasteiger partial charge in [0.2, 0.25) is 0 Å². The van der Waals surface area contributed by atoms with E-state index < -0.39 is 0 Å². The summed E-state index contributed by atoms with van der Waals surface area (Å²) < 4.78 is 4.60. The molecule has 0 spiro atoms. The van der Waals surface area contributed by atoms with Gasteiger partial charge in [-0.25, -0.2) is 0 Å². The van der Waals surface area contributed by atoms with Gasteiger partial charge < -0.3 is 9.57 Å². The molecule has 4 heteroatoms. The van der Waals surface area contributed by atoms with Gasteiger partial charge in [0, 0.05) is 0 Å². The average molecular weight is 145 g/mol. The number of carbonyl (C=O) groups excluding carboxylic acids is 1. The van der Waals surface area contributed by atoms with E-state index in [4.69, 9.17) is 0 Å². The molecule has 10 heavy (non-hydrogen) atoms. The van der Waals surface area contributed by atoms with Gasteiger partial charge in [0.1, 0.15) is 7.11 Å². The Morgan fingerprint density at radius 3 is 2.90 bits per heavy atom. The number of nitrogens with zero attached hydrogens (tertiary/aromatic N) is 1. The van der Waals surface area contributed by atoms with Crippen molar-refractivity contribution in [3.8, 4) is 0 Å². The molecule has 0 heterocycles. The predicted octanol–water partition coefficient (Wildman–Crippen LogP) is 0.572. The van der Waals surface area contributed by atoms with Gasteiger partial charge in [-0.05, 0) is 6.92 Å². The Morgan fingerprint density at radius 2 is 2.40 bits per heavy atom. The van der Waals surface area contributed by atoms with Crippen LogP contribution in [0.15, 0.2) is 5.16 Å². The number of oxime groups is 1. The van der Waals surface area contributed by atoms with Gasteiger partial charge >= 0.3 is 5.97 Å². The first-order valence-corrected chi connectivity index (χ1v) is 3.01. The van der Waals surface area contributed by atoms with Crippen LogP contribution in [-0.4, -0.2) is 25.9 Å². The van der Waals surface area contributed by atoms with E-state index >= 15 is 0 Å². The molecule has 0 atom stereocenters. The SMILES string of the molecule is CCOC(=O)CC=NOC. The molecule has 0 aromatic rings. The van der Waals surface area contributed by atoms with E-state index in [2.05, 4.69) is 14.7 Å². The zero-order valence-corrected chi connectivity index (χ0v) is 6.16. The van der Waals surface area contributed by atoms with Crippen LogP contribution in [0.4, 0.5) is 0 Å². The number of carbonyl (C=O) groups is 1. The zero-order chi connectivity index (χ0) is 7.82. The van der Waals surface area contributed by atoms with E-state index in [0.717, 1.165) is 0 Å². The van der Waals surface area contributed by atoms with Crippen LogP contribution >= 0.6 is 0 Å². The first-order valence-electron chi connectivity index (χ1n) is 3.01. The molecule has 0 bridgehead atoms. The molecule has 0 radical (unpaired) electrons. The van der Waals surface area contributed by atoms with Crippen LogP contribution in [0.2, 0.25) is 0 Å². The van der Waals surface area contributed by atoms with Crippen molar-refractivity contribution in [2.24, 2.45) is 5.16 Å². The lowest BCUT2D eigenvalue weighted by Crippen LogP contribution is -2.03. The average Bonchev–Trinajstić information content (AvgIpc) is 1.89. The molecular formula is C6H11NO3. The van der Waals surface area contributed by atoms with E-state index in [1.165, 1.54) is 13.3 Å². The van der Waals surface area contributed by atoms with Crippen LogP contribution in [0, 0.1) is 0 Å². The summed E-state index contributed by atoms with van der Waals surface area (Å²) in [6, 6.07) is 0. The standard InChI is InChI=1S/C6H11NO3/c1-3-10-6(8)4-5-7-9-2/h5H,3-4H2,1-2H3. The van der Waals surface area contributed by atoms with Crippen LogP contribution in [0.5, 0.6) is 0 Å². The summed E-state index contributed by atoms with van der Waals surface area (Å²) in [4.78, 5) is 14.9. The molecule has 0 N–H and O–H groups in total. The molecule has 0 aromatic carbocycles. The monoisotopic (exact) mass is 145 g/mol. The molecule has 0 unspecified atom stereocenters. The summed E-state index contributed by atoms with van der Waals surface area (Å²) >= 11 is 0. The maximum atomic E-state index is 10.5. The van der Waals surface area contributed by atoms with Crippen molar-refractivity contribution in [1.29, 1.82) is 0 Å². The van der Waals surface area contributed by atoms with Gasteiger partial charge in [0.05, 0.1) is 19.2 Å². The molecule has 0 aromatic heterocycles. The number of ether oxygens (including phenoxy) is 1. The molecule has 0 aliphatic rings. The highest BCUT2D eigenvalue weighted by atomic mass is 16.6. The third-order valence-electron chi connectivity index (χ3n) is 0.743. The highest BCUT2D eigenvalue weighted by Gasteiger charge is 1.95. The van der Waals surface area contributed by atoms with Crippen molar-refractivity contribution in [3.63, 3.8) is 0 Å². The van der Waals surface area contributed by atoms with Gasteiger partial charge in [-0.1, -0.05) is 5.16 Å². The fourth-order valence-electron chi connectivity index (χ4n) is 0.406. The first kappa shape index (κ1) is 8.94. The zero-order valence-electron chi connectivity index (χ0n) is 6.16. The Bertz CT molecular complexity index is 122. The second-order valence-electron chi connectivity index (χ2n) is 1.48. The molecule has 0 aliphatic carbocycles. The first-order chi connectivity index (χ1) is 4.81. The van der Waals surface area contributed by atoms with Crippen LogP contribution in [0.3, 0.4) is 0 Å². The van der Waals surface area contributed by atoms with Crippen molar-refractivity contribution in [2.45, 2.75) is 13.3 Å². The lowest BCUT2D eigenvalue weighted by molar-refractivity contribution is -0.141. The highest BCUT2D eigenvalue weighted by molar-refractivity contribution is 5.85. The van der Waals surface area contributed by atoms with Crippen molar-refractivity contribution < 1.29 is 14.4 Å². The maximum Gasteiger partial charge on any atom is 0.311 e. The second-order valence-corrected chi connectivity index (χ2v) is 1.48. The highest BCUT2D eigenvalue weighted by Crippen LogP contribution is 1.82. The van der Waals surface area contributed by atoms with Gasteiger partial charge in [-0.3, -0.25) is 4.79 Å². The Labute approximate surface area is 59.8 Å². The van der Waals surface area contributed by atoms with E-state index in [-0.39, 0.29) is 12.4 Å². The van der Waals surface area contributed by atoms with Gasteiger partial charge in [0.15, 0.2) is 0 Å². The van der Waals surface area contributed by atoms with E-state index in [0.29, 0.717) is 6.61 Å². The Kier molecular flexibility index (Phi) is 5.42. The lowest BCUT2D eigenvalue weighted by atomic mass is 10.5. The topological polar surface area (TPSA) is 47.9 Å². The number of rotatable bonds is 4. The molecule has 4 nitrogen and oxygen atoms in total. The Hall–Kier alpha value is -1.06. The van der Waals surface area contributed by atoms with E-state index in [1.807, 2.05) is 0 Å². The predicted molar refractivity (Wildman–Crippen MR) is 36.8 cm³/mol. The minimum absolute atomic E-state index is 0.168. The molecule has 58 valence electrons. The molecular weight excluding hydrogens is 134 g/mol. The maximum absolute atomic E-state index is 10.5. The fraction of sp³-hybridized carbons (Fsp3) is 0.667. The summed E-state index contributed by atoms with van der Waals surface area (Å²) in [5, 5.41) is 3.37. The van der Waals surface area contributed by atoms with Crippen LogP contribution in [0.1, 0.15) is 13.3 Å². The Morgan fingerprint density at radius 1 is 1.70 bits per heavy atom. The van der Waals surface area contributed by atoms with E-state index in [9.17, 15) is 4.79 Å². The Balaban J connectivity index is 3.30. The van der Waals surface area contributed by atoms with Gasteiger partial charge in [-0.2, -0.15) is 0 Å². The van der Waals surface area contributed by atoms with Gasteiger partial charge in [0.25, 0.3) is 0 Å². The molecule has 0 rings (SSSR count). The summed E-state index contributed by atoms with van der Waals surface area (Å²) in [7, 11) is 1.42. The van der Waals surface area contributed by atoms with Crippen LogP contribution < -0.4 is 0 Å². The smallest absolute Gasteiger partial charge is 0.311 e. The van der Waals surface area contributed by atoms with Crippen molar-refractivity contribution in [1.82, 2.24) is 0 Å². The summed E-state index contributed by atoms with van der Waals surface area (Å²) in [6.07, 6.45) is 1.53. The summed E-state index contributed by atoms with van der Waals surface area (Å²) in [6.45, 7) is 2.16. The second kappa shape index (κ2) is 6.07. The fourth-order valence-corrected chi connectivity index (χ4v) is 0.406. The quantitative estimate of drug-likeness (QED) is 0.330. The minimum atomic E-state index is -0.289. The largest absolute Gasteiger partial charge is 0.466 e. The van der Waals surface area contributed by atoms with E-state index in [1.54, 1.807) is 6.92 Å². The van der Waals surface area contributed by atoms with Gasteiger partial charge in [-0.15, -0.1) is 0 Å². The molecule has 0 fully saturated rings. The number of hydrogen-bond donors (Lipinski definition) is 0. The van der Waals surface area contributed by atoms with Crippen LogP contribution in [-0.2, 0) is 14.4 Å².